The molecule has 1 amide bonds. The number of oxazole rings is 1. The van der Waals surface area contributed by atoms with Gasteiger partial charge in [0, 0.05) is 24.9 Å². The summed E-state index contributed by atoms with van der Waals surface area (Å²) in [5.41, 5.74) is 2.29. The molecule has 1 aliphatic carbocycles. The largest absolute Gasteiger partial charge is 0.441 e. The predicted octanol–water partition coefficient (Wildman–Crippen LogP) is 4.93. The number of allylic oxidation sites excluding steroid dienone is 1. The highest BCUT2D eigenvalue weighted by molar-refractivity contribution is 6.33. The Hall–Kier alpha value is -2.07. The molecule has 2 aromatic rings. The van der Waals surface area contributed by atoms with E-state index in [4.69, 9.17) is 16.0 Å². The molecule has 0 spiro atoms. The molecule has 3 rings (SSSR count). The minimum absolute atomic E-state index is 0.0360. The van der Waals surface area contributed by atoms with Gasteiger partial charge < -0.3 is 9.73 Å². The molecule has 0 saturated heterocycles. The SMILES string of the molecule is O=C(CCc1ncc(-c2ccccc2Cl)o1)NCCC1=CCCCC1. The van der Waals surface area contributed by atoms with Crippen LogP contribution in [0.3, 0.4) is 0 Å². The van der Waals surface area contributed by atoms with Crippen molar-refractivity contribution in [3.8, 4) is 11.3 Å². The normalized spacial score (nSPS) is 14.2. The number of carbonyl (C=O) groups is 1. The van der Waals surface area contributed by atoms with Crippen molar-refractivity contribution >= 4 is 17.5 Å². The van der Waals surface area contributed by atoms with Crippen LogP contribution in [0, 0.1) is 0 Å². The first kappa shape index (κ1) is 17.7. The maximum atomic E-state index is 12.0. The molecule has 1 aromatic carbocycles. The topological polar surface area (TPSA) is 55.1 Å². The van der Waals surface area contributed by atoms with Gasteiger partial charge in [0.1, 0.15) is 0 Å². The number of rotatable bonds is 7. The fourth-order valence-corrected chi connectivity index (χ4v) is 3.24. The zero-order valence-corrected chi connectivity index (χ0v) is 15.0. The van der Waals surface area contributed by atoms with E-state index in [0.717, 1.165) is 12.0 Å². The van der Waals surface area contributed by atoms with Gasteiger partial charge in [0.15, 0.2) is 11.7 Å². The van der Waals surface area contributed by atoms with Gasteiger partial charge in [-0.25, -0.2) is 4.98 Å². The molecule has 5 heteroatoms. The summed E-state index contributed by atoms with van der Waals surface area (Å²) in [6.07, 6.45) is 10.7. The second-order valence-corrected chi connectivity index (χ2v) is 6.71. The van der Waals surface area contributed by atoms with Crippen molar-refractivity contribution in [3.05, 3.63) is 53.0 Å². The highest BCUT2D eigenvalue weighted by atomic mass is 35.5. The molecule has 0 atom stereocenters. The molecule has 0 saturated carbocycles. The number of nitrogens with one attached hydrogen (secondary N) is 1. The summed E-state index contributed by atoms with van der Waals surface area (Å²) in [4.78, 5) is 16.2. The first-order valence-corrected chi connectivity index (χ1v) is 9.24. The third-order valence-electron chi connectivity index (χ3n) is 4.41. The van der Waals surface area contributed by atoms with E-state index >= 15 is 0 Å². The zero-order chi connectivity index (χ0) is 17.5. The molecule has 25 heavy (non-hydrogen) atoms. The number of amides is 1. The molecule has 0 fully saturated rings. The first-order chi connectivity index (χ1) is 12.2. The molecule has 0 bridgehead atoms. The van der Waals surface area contributed by atoms with E-state index in [1.807, 2.05) is 24.3 Å². The molecule has 0 radical (unpaired) electrons. The van der Waals surface area contributed by atoms with Crippen molar-refractivity contribution in [2.45, 2.75) is 44.9 Å². The number of hydrogen-bond acceptors (Lipinski definition) is 3. The number of aryl methyl sites for hydroxylation is 1. The fraction of sp³-hybridized carbons (Fsp3) is 0.400. The lowest BCUT2D eigenvalue weighted by Crippen LogP contribution is -2.25. The van der Waals surface area contributed by atoms with Crippen LogP contribution in [0.4, 0.5) is 0 Å². The summed E-state index contributed by atoms with van der Waals surface area (Å²) in [5, 5.41) is 3.60. The Morgan fingerprint density at radius 1 is 1.24 bits per heavy atom. The van der Waals surface area contributed by atoms with Crippen LogP contribution < -0.4 is 5.32 Å². The number of benzene rings is 1. The Morgan fingerprint density at radius 3 is 2.92 bits per heavy atom. The molecule has 1 aliphatic rings. The first-order valence-electron chi connectivity index (χ1n) is 8.86. The second kappa shape index (κ2) is 8.86. The molecular weight excluding hydrogens is 336 g/mol. The van der Waals surface area contributed by atoms with E-state index in [2.05, 4.69) is 16.4 Å². The van der Waals surface area contributed by atoms with E-state index in [1.165, 1.54) is 31.3 Å². The van der Waals surface area contributed by atoms with Crippen LogP contribution in [0.1, 0.15) is 44.4 Å². The van der Waals surface area contributed by atoms with Gasteiger partial charge in [-0.05, 0) is 44.2 Å². The smallest absolute Gasteiger partial charge is 0.220 e. The van der Waals surface area contributed by atoms with E-state index in [-0.39, 0.29) is 5.91 Å². The number of halogens is 1. The second-order valence-electron chi connectivity index (χ2n) is 6.31. The van der Waals surface area contributed by atoms with Crippen molar-refractivity contribution < 1.29 is 9.21 Å². The number of carbonyl (C=O) groups excluding carboxylic acids is 1. The Morgan fingerprint density at radius 2 is 2.12 bits per heavy atom. The van der Waals surface area contributed by atoms with Gasteiger partial charge in [-0.1, -0.05) is 35.4 Å². The molecule has 1 N–H and O–H groups in total. The lowest BCUT2D eigenvalue weighted by atomic mass is 9.97. The van der Waals surface area contributed by atoms with Crippen LogP contribution in [0.5, 0.6) is 0 Å². The molecule has 0 unspecified atom stereocenters. The minimum atomic E-state index is 0.0360. The Labute approximate surface area is 153 Å². The summed E-state index contributed by atoms with van der Waals surface area (Å²) in [6, 6.07) is 7.48. The van der Waals surface area contributed by atoms with E-state index in [0.29, 0.717) is 36.1 Å². The molecule has 1 aromatic heterocycles. The van der Waals surface area contributed by atoms with Crippen molar-refractivity contribution in [1.29, 1.82) is 0 Å². The number of hydrogen-bond donors (Lipinski definition) is 1. The van der Waals surface area contributed by atoms with Gasteiger partial charge in [0.25, 0.3) is 0 Å². The van der Waals surface area contributed by atoms with Crippen LogP contribution in [-0.4, -0.2) is 17.4 Å². The summed E-state index contributed by atoms with van der Waals surface area (Å²) in [6.45, 7) is 0.709. The summed E-state index contributed by atoms with van der Waals surface area (Å²) >= 11 is 6.16. The fourth-order valence-electron chi connectivity index (χ4n) is 3.01. The zero-order valence-electron chi connectivity index (χ0n) is 14.3. The maximum absolute atomic E-state index is 12.0. The summed E-state index contributed by atoms with van der Waals surface area (Å²) in [7, 11) is 0. The minimum Gasteiger partial charge on any atom is -0.441 e. The van der Waals surface area contributed by atoms with Crippen LogP contribution in [0.15, 0.2) is 46.5 Å². The van der Waals surface area contributed by atoms with Crippen LogP contribution in [-0.2, 0) is 11.2 Å². The monoisotopic (exact) mass is 358 g/mol. The molecule has 1 heterocycles. The van der Waals surface area contributed by atoms with Crippen molar-refractivity contribution in [1.82, 2.24) is 10.3 Å². The average molecular weight is 359 g/mol. The van der Waals surface area contributed by atoms with Gasteiger partial charge in [-0.3, -0.25) is 4.79 Å². The highest BCUT2D eigenvalue weighted by Gasteiger charge is 2.11. The summed E-state index contributed by atoms with van der Waals surface area (Å²) in [5.74, 6) is 1.22. The lowest BCUT2D eigenvalue weighted by molar-refractivity contribution is -0.121. The van der Waals surface area contributed by atoms with Crippen molar-refractivity contribution in [2.75, 3.05) is 6.54 Å². The van der Waals surface area contributed by atoms with Gasteiger partial charge >= 0.3 is 0 Å². The molecule has 4 nitrogen and oxygen atoms in total. The maximum Gasteiger partial charge on any atom is 0.220 e. The average Bonchev–Trinajstić information content (AvgIpc) is 3.10. The highest BCUT2D eigenvalue weighted by Crippen LogP contribution is 2.28. The van der Waals surface area contributed by atoms with Gasteiger partial charge in [0.2, 0.25) is 5.91 Å². The van der Waals surface area contributed by atoms with E-state index in [1.54, 1.807) is 6.20 Å². The van der Waals surface area contributed by atoms with Crippen LogP contribution in [0.2, 0.25) is 5.02 Å². The van der Waals surface area contributed by atoms with Crippen LogP contribution in [0.25, 0.3) is 11.3 Å². The van der Waals surface area contributed by atoms with E-state index < -0.39 is 0 Å². The third-order valence-corrected chi connectivity index (χ3v) is 4.74. The van der Waals surface area contributed by atoms with Gasteiger partial charge in [-0.15, -0.1) is 0 Å². The number of nitrogens with zero attached hydrogens (tertiary/aromatic N) is 1. The van der Waals surface area contributed by atoms with Gasteiger partial charge in [-0.2, -0.15) is 0 Å². The van der Waals surface area contributed by atoms with Crippen LogP contribution >= 0.6 is 11.6 Å². The van der Waals surface area contributed by atoms with Crippen molar-refractivity contribution in [3.63, 3.8) is 0 Å². The standard InChI is InChI=1S/C20H23ClN2O2/c21-17-9-5-4-8-16(17)18-14-23-20(25-18)11-10-19(24)22-13-12-15-6-2-1-3-7-15/h4-6,8-9,14H,1-3,7,10-13H2,(H,22,24). The van der Waals surface area contributed by atoms with Crippen molar-refractivity contribution in [2.24, 2.45) is 0 Å². The summed E-state index contributed by atoms with van der Waals surface area (Å²) < 4.78 is 5.72. The molecular formula is C20H23ClN2O2. The quantitative estimate of drug-likeness (QED) is 0.713. The lowest BCUT2D eigenvalue weighted by Gasteiger charge is -2.12. The Kier molecular flexibility index (Phi) is 6.29. The number of aromatic nitrogens is 1. The Bertz CT molecular complexity index is 752. The Balaban J connectivity index is 1.43. The molecule has 0 aliphatic heterocycles. The third kappa shape index (κ3) is 5.20. The van der Waals surface area contributed by atoms with E-state index in [9.17, 15) is 4.79 Å². The predicted molar refractivity (Wildman–Crippen MR) is 99.4 cm³/mol. The molecule has 132 valence electrons. The van der Waals surface area contributed by atoms with Gasteiger partial charge in [0.05, 0.1) is 11.2 Å².